The highest BCUT2D eigenvalue weighted by molar-refractivity contribution is 6.42. The van der Waals surface area contributed by atoms with Crippen LogP contribution in [0.15, 0.2) is 72.8 Å². The predicted octanol–water partition coefficient (Wildman–Crippen LogP) is 6.65. The fourth-order valence-corrected chi connectivity index (χ4v) is 5.53. The van der Waals surface area contributed by atoms with E-state index in [2.05, 4.69) is 24.4 Å². The van der Waals surface area contributed by atoms with E-state index in [4.69, 9.17) is 23.2 Å². The number of amides is 2. The number of likely N-dealkylation sites (tertiary alicyclic amines) is 1. The molecular formula is C29H29Cl2FN2O2. The van der Waals surface area contributed by atoms with Gasteiger partial charge in [0.05, 0.1) is 22.0 Å². The Labute approximate surface area is 221 Å². The van der Waals surface area contributed by atoms with Crippen LogP contribution in [0.4, 0.5) is 4.39 Å². The molecule has 0 aromatic heterocycles. The van der Waals surface area contributed by atoms with Crippen LogP contribution in [0.1, 0.15) is 47.7 Å². The molecule has 3 aromatic rings. The Morgan fingerprint density at radius 3 is 2.25 bits per heavy atom. The van der Waals surface area contributed by atoms with Gasteiger partial charge in [-0.1, -0.05) is 66.5 Å². The molecule has 7 heteroatoms. The average molecular weight is 527 g/mol. The topological polar surface area (TPSA) is 49.4 Å². The van der Waals surface area contributed by atoms with Crippen molar-refractivity contribution >= 4 is 35.0 Å². The second kappa shape index (κ2) is 11.4. The zero-order valence-corrected chi connectivity index (χ0v) is 21.7. The Kier molecular flexibility index (Phi) is 8.32. The van der Waals surface area contributed by atoms with Gasteiger partial charge in [0, 0.05) is 18.7 Å². The van der Waals surface area contributed by atoms with Crippen LogP contribution < -0.4 is 5.32 Å². The molecule has 1 saturated heterocycles. The molecule has 0 aliphatic carbocycles. The van der Waals surface area contributed by atoms with Gasteiger partial charge >= 0.3 is 0 Å². The van der Waals surface area contributed by atoms with Crippen LogP contribution in [0.5, 0.6) is 0 Å². The van der Waals surface area contributed by atoms with Crippen LogP contribution in [-0.4, -0.2) is 29.8 Å². The Morgan fingerprint density at radius 2 is 1.64 bits per heavy atom. The molecule has 1 N–H and O–H groups in total. The Morgan fingerprint density at radius 1 is 0.972 bits per heavy atom. The van der Waals surface area contributed by atoms with Gasteiger partial charge in [0.15, 0.2) is 0 Å². The summed E-state index contributed by atoms with van der Waals surface area (Å²) in [6, 6.07) is 20.9. The Balaban J connectivity index is 1.53. The number of benzene rings is 3. The lowest BCUT2D eigenvalue weighted by molar-refractivity contribution is -0.123. The van der Waals surface area contributed by atoms with E-state index in [0.29, 0.717) is 35.1 Å². The molecule has 1 aliphatic heterocycles. The zero-order chi connectivity index (χ0) is 25.7. The average Bonchev–Trinajstić information content (AvgIpc) is 2.90. The van der Waals surface area contributed by atoms with Gasteiger partial charge in [-0.2, -0.15) is 0 Å². The zero-order valence-electron chi connectivity index (χ0n) is 20.1. The summed E-state index contributed by atoms with van der Waals surface area (Å²) in [4.78, 5) is 28.1. The van der Waals surface area contributed by atoms with Crippen LogP contribution >= 0.6 is 23.2 Å². The van der Waals surface area contributed by atoms with Gasteiger partial charge in [0.1, 0.15) is 5.82 Å². The highest BCUT2D eigenvalue weighted by atomic mass is 35.5. The second-order valence-corrected chi connectivity index (χ2v) is 10.1. The molecule has 1 aliphatic rings. The Hall–Kier alpha value is -2.89. The van der Waals surface area contributed by atoms with Gasteiger partial charge in [-0.25, -0.2) is 4.39 Å². The van der Waals surface area contributed by atoms with Crippen molar-refractivity contribution in [3.63, 3.8) is 0 Å². The molecule has 1 unspecified atom stereocenters. The van der Waals surface area contributed by atoms with Crippen LogP contribution in [0.2, 0.25) is 10.0 Å². The third-order valence-electron chi connectivity index (χ3n) is 7.13. The van der Waals surface area contributed by atoms with E-state index in [0.717, 1.165) is 24.0 Å². The highest BCUT2D eigenvalue weighted by Crippen LogP contribution is 2.40. The molecule has 1 heterocycles. The molecule has 3 aromatic carbocycles. The van der Waals surface area contributed by atoms with Gasteiger partial charge in [0.25, 0.3) is 5.91 Å². The molecule has 0 radical (unpaired) electrons. The summed E-state index contributed by atoms with van der Waals surface area (Å²) < 4.78 is 13.3. The summed E-state index contributed by atoms with van der Waals surface area (Å²) in [5, 5.41) is 4.25. The molecule has 188 valence electrons. The van der Waals surface area contributed by atoms with Crippen LogP contribution in [0.3, 0.4) is 0 Å². The molecule has 0 spiro atoms. The third kappa shape index (κ3) is 5.74. The fraction of sp³-hybridized carbons (Fsp3) is 0.310. The number of nitrogens with zero attached hydrogens (tertiary/aromatic N) is 1. The van der Waals surface area contributed by atoms with E-state index >= 15 is 0 Å². The van der Waals surface area contributed by atoms with Crippen molar-refractivity contribution in [2.24, 2.45) is 5.92 Å². The molecular weight excluding hydrogens is 498 g/mol. The highest BCUT2D eigenvalue weighted by Gasteiger charge is 2.42. The second-order valence-electron chi connectivity index (χ2n) is 9.24. The molecule has 0 saturated carbocycles. The SMILES string of the molecule is CCC(NC(=O)Cc1ccc(Cl)c(Cl)c1)(c1ccccc1)C1CCN(C(=O)c2ccc(F)cc2)CC1. The number of rotatable bonds is 7. The van der Waals surface area contributed by atoms with Gasteiger partial charge in [0.2, 0.25) is 5.91 Å². The van der Waals surface area contributed by atoms with Crippen molar-refractivity contribution in [3.8, 4) is 0 Å². The van der Waals surface area contributed by atoms with E-state index in [1.807, 2.05) is 29.2 Å². The molecule has 2 amide bonds. The van der Waals surface area contributed by atoms with Crippen LogP contribution in [-0.2, 0) is 16.8 Å². The lowest BCUT2D eigenvalue weighted by Crippen LogP contribution is -2.54. The molecule has 4 rings (SSSR count). The fourth-order valence-electron chi connectivity index (χ4n) is 5.21. The number of hydrogen-bond acceptors (Lipinski definition) is 2. The minimum atomic E-state index is -0.570. The monoisotopic (exact) mass is 526 g/mol. The number of hydrogen-bond donors (Lipinski definition) is 1. The lowest BCUT2D eigenvalue weighted by atomic mass is 9.71. The minimum absolute atomic E-state index is 0.0936. The van der Waals surface area contributed by atoms with E-state index in [-0.39, 0.29) is 30.0 Å². The number of carbonyl (C=O) groups is 2. The van der Waals surface area contributed by atoms with Crippen molar-refractivity contribution < 1.29 is 14.0 Å². The largest absolute Gasteiger partial charge is 0.346 e. The summed E-state index contributed by atoms with van der Waals surface area (Å²) in [5.41, 5.74) is 1.76. The maximum Gasteiger partial charge on any atom is 0.253 e. The lowest BCUT2D eigenvalue weighted by Gasteiger charge is -2.45. The molecule has 0 bridgehead atoms. The summed E-state index contributed by atoms with van der Waals surface area (Å²) in [5.74, 6) is -0.416. The quantitative estimate of drug-likeness (QED) is 0.374. The first-order valence-electron chi connectivity index (χ1n) is 12.2. The standard InChI is InChI=1S/C29H29Cl2FN2O2/c1-2-29(22-6-4-3-5-7-22,33-27(35)19-20-8-13-25(30)26(31)18-20)23-14-16-34(17-15-23)28(36)21-9-11-24(32)12-10-21/h3-13,18,23H,2,14-17,19H2,1H3,(H,33,35). The Bertz CT molecular complexity index is 1210. The van der Waals surface area contributed by atoms with Gasteiger partial charge in [-0.05, 0) is 72.7 Å². The summed E-state index contributed by atoms with van der Waals surface area (Å²) in [6.07, 6.45) is 2.37. The number of halogens is 3. The van der Waals surface area contributed by atoms with Crippen molar-refractivity contribution in [1.82, 2.24) is 10.2 Å². The summed E-state index contributed by atoms with van der Waals surface area (Å²) >= 11 is 12.2. The summed E-state index contributed by atoms with van der Waals surface area (Å²) in [7, 11) is 0. The molecule has 1 atom stereocenters. The van der Waals surface area contributed by atoms with E-state index in [1.165, 1.54) is 24.3 Å². The van der Waals surface area contributed by atoms with E-state index < -0.39 is 5.54 Å². The minimum Gasteiger partial charge on any atom is -0.346 e. The maximum absolute atomic E-state index is 13.3. The first kappa shape index (κ1) is 26.2. The molecule has 36 heavy (non-hydrogen) atoms. The van der Waals surface area contributed by atoms with E-state index in [1.54, 1.807) is 12.1 Å². The van der Waals surface area contributed by atoms with Gasteiger partial charge in [-0.3, -0.25) is 9.59 Å². The number of carbonyl (C=O) groups excluding carboxylic acids is 2. The first-order chi connectivity index (χ1) is 17.3. The van der Waals surface area contributed by atoms with Gasteiger partial charge in [-0.15, -0.1) is 0 Å². The third-order valence-corrected chi connectivity index (χ3v) is 7.87. The van der Waals surface area contributed by atoms with Crippen molar-refractivity contribution in [2.45, 2.75) is 38.1 Å². The van der Waals surface area contributed by atoms with Crippen LogP contribution in [0, 0.1) is 11.7 Å². The number of nitrogens with one attached hydrogen (secondary N) is 1. The van der Waals surface area contributed by atoms with Gasteiger partial charge < -0.3 is 10.2 Å². The normalized spacial score (nSPS) is 15.8. The van der Waals surface area contributed by atoms with Crippen molar-refractivity contribution in [3.05, 3.63) is 105 Å². The molecule has 4 nitrogen and oxygen atoms in total. The predicted molar refractivity (Wildman–Crippen MR) is 142 cm³/mol. The van der Waals surface area contributed by atoms with Crippen molar-refractivity contribution in [2.75, 3.05) is 13.1 Å². The van der Waals surface area contributed by atoms with E-state index in [9.17, 15) is 14.0 Å². The van der Waals surface area contributed by atoms with Crippen LogP contribution in [0.25, 0.3) is 0 Å². The smallest absolute Gasteiger partial charge is 0.253 e. The summed E-state index contributed by atoms with van der Waals surface area (Å²) in [6.45, 7) is 3.22. The first-order valence-corrected chi connectivity index (χ1v) is 12.9. The molecule has 1 fully saturated rings. The van der Waals surface area contributed by atoms with Crippen molar-refractivity contribution in [1.29, 1.82) is 0 Å². The number of piperidine rings is 1. The maximum atomic E-state index is 13.3.